The number of rotatable bonds is 2. The number of hydrogen-bond donors (Lipinski definition) is 2. The van der Waals surface area contributed by atoms with Gasteiger partial charge < -0.3 is 10.4 Å². The zero-order chi connectivity index (χ0) is 13.4. The van der Waals surface area contributed by atoms with E-state index in [1.165, 1.54) is 23.5 Å². The van der Waals surface area contributed by atoms with Crippen LogP contribution in [-0.4, -0.2) is 17.0 Å². The number of anilines is 1. The summed E-state index contributed by atoms with van der Waals surface area (Å²) < 4.78 is 0. The van der Waals surface area contributed by atoms with Crippen molar-refractivity contribution in [2.24, 2.45) is 0 Å². The Bertz CT molecular complexity index is 701. The molecule has 0 atom stereocenters. The second-order valence-corrected chi connectivity index (χ2v) is 5.07. The molecule has 0 fully saturated rings. The third kappa shape index (κ3) is 2.04. The number of aromatic carboxylic acids is 1. The zero-order valence-electron chi connectivity index (χ0n) is 9.71. The van der Waals surface area contributed by atoms with Crippen molar-refractivity contribution in [2.75, 3.05) is 5.32 Å². The van der Waals surface area contributed by atoms with Crippen molar-refractivity contribution >= 4 is 40.5 Å². The van der Waals surface area contributed by atoms with E-state index in [0.29, 0.717) is 16.8 Å². The van der Waals surface area contributed by atoms with Crippen LogP contribution in [0.2, 0.25) is 0 Å². The molecule has 1 aromatic carbocycles. The van der Waals surface area contributed by atoms with Crippen LogP contribution in [0.25, 0.3) is 11.6 Å². The molecule has 1 aromatic heterocycles. The minimum absolute atomic E-state index is 0.173. The summed E-state index contributed by atoms with van der Waals surface area (Å²) in [6.07, 6.45) is 1.78. The van der Waals surface area contributed by atoms with Crippen LogP contribution in [0.3, 0.4) is 0 Å². The molecule has 19 heavy (non-hydrogen) atoms. The van der Waals surface area contributed by atoms with Gasteiger partial charge in [-0.3, -0.25) is 4.79 Å². The van der Waals surface area contributed by atoms with Gasteiger partial charge in [-0.2, -0.15) is 0 Å². The van der Waals surface area contributed by atoms with E-state index in [-0.39, 0.29) is 11.5 Å². The first kappa shape index (κ1) is 11.7. The number of carbonyl (C=O) groups excluding carboxylic acids is 1. The van der Waals surface area contributed by atoms with Crippen LogP contribution in [0.4, 0.5) is 5.69 Å². The lowest BCUT2D eigenvalue weighted by Crippen LogP contribution is -2.03. The lowest BCUT2D eigenvalue weighted by atomic mass is 10.0. The quantitative estimate of drug-likeness (QED) is 0.825. The standard InChI is InChI=1S/C14H9NO3S/c16-13-11(7-9-2-1-5-19-9)10-6-8(14(17)18)3-4-12(10)15-13/h1-7H,(H,15,16)(H,17,18)/b11-7+. The first-order valence-corrected chi connectivity index (χ1v) is 6.47. The number of nitrogens with one attached hydrogen (secondary N) is 1. The molecule has 4 nitrogen and oxygen atoms in total. The van der Waals surface area contributed by atoms with Crippen LogP contribution in [-0.2, 0) is 4.79 Å². The number of carbonyl (C=O) groups is 2. The van der Waals surface area contributed by atoms with Gasteiger partial charge in [0.05, 0.1) is 11.1 Å². The molecule has 2 heterocycles. The number of hydrogen-bond acceptors (Lipinski definition) is 3. The molecule has 94 valence electrons. The Kier molecular flexibility index (Phi) is 2.68. The van der Waals surface area contributed by atoms with Crippen molar-refractivity contribution in [2.45, 2.75) is 0 Å². The Labute approximate surface area is 113 Å². The Morgan fingerprint density at radius 1 is 1.32 bits per heavy atom. The van der Waals surface area contributed by atoms with Crippen molar-refractivity contribution < 1.29 is 14.7 Å². The molecular formula is C14H9NO3S. The summed E-state index contributed by atoms with van der Waals surface area (Å²) >= 11 is 1.52. The summed E-state index contributed by atoms with van der Waals surface area (Å²) in [7, 11) is 0. The SMILES string of the molecule is O=C1Nc2ccc(C(=O)O)cc2/C1=C\c1cccs1. The lowest BCUT2D eigenvalue weighted by Gasteiger charge is -2.00. The summed E-state index contributed by atoms with van der Waals surface area (Å²) in [6.45, 7) is 0. The number of thiophene rings is 1. The molecule has 2 aromatic rings. The predicted octanol–water partition coefficient (Wildman–Crippen LogP) is 2.94. The molecule has 0 spiro atoms. The van der Waals surface area contributed by atoms with E-state index >= 15 is 0 Å². The molecule has 0 bridgehead atoms. The fourth-order valence-corrected chi connectivity index (χ4v) is 2.64. The first-order valence-electron chi connectivity index (χ1n) is 5.59. The summed E-state index contributed by atoms with van der Waals surface area (Å²) in [5.74, 6) is -1.21. The summed E-state index contributed by atoms with van der Waals surface area (Å²) in [5.41, 5.74) is 1.96. The molecule has 2 N–H and O–H groups in total. The topological polar surface area (TPSA) is 66.4 Å². The van der Waals surface area contributed by atoms with Crippen molar-refractivity contribution in [1.82, 2.24) is 0 Å². The van der Waals surface area contributed by atoms with Gasteiger partial charge in [-0.05, 0) is 35.7 Å². The molecular weight excluding hydrogens is 262 g/mol. The van der Waals surface area contributed by atoms with Crippen LogP contribution < -0.4 is 5.32 Å². The third-order valence-corrected chi connectivity index (χ3v) is 3.70. The van der Waals surface area contributed by atoms with E-state index in [0.717, 1.165) is 4.88 Å². The minimum atomic E-state index is -1.00. The third-order valence-electron chi connectivity index (χ3n) is 2.88. The van der Waals surface area contributed by atoms with E-state index < -0.39 is 5.97 Å². The predicted molar refractivity (Wildman–Crippen MR) is 74.2 cm³/mol. The van der Waals surface area contributed by atoms with E-state index in [4.69, 9.17) is 5.11 Å². The van der Waals surface area contributed by atoms with Crippen LogP contribution in [0.1, 0.15) is 20.8 Å². The molecule has 1 aliphatic rings. The average Bonchev–Trinajstić information content (AvgIpc) is 2.98. The Morgan fingerprint density at radius 3 is 2.84 bits per heavy atom. The second kappa shape index (κ2) is 4.37. The highest BCUT2D eigenvalue weighted by Crippen LogP contribution is 2.34. The van der Waals surface area contributed by atoms with E-state index in [2.05, 4.69) is 5.32 Å². The Balaban J connectivity index is 2.12. The van der Waals surface area contributed by atoms with Crippen LogP contribution in [0.15, 0.2) is 35.7 Å². The lowest BCUT2D eigenvalue weighted by molar-refractivity contribution is -0.110. The van der Waals surface area contributed by atoms with Gasteiger partial charge in [0.25, 0.3) is 5.91 Å². The summed E-state index contributed by atoms with van der Waals surface area (Å²) in [6, 6.07) is 8.43. The van der Waals surface area contributed by atoms with Crippen LogP contribution in [0, 0.1) is 0 Å². The van der Waals surface area contributed by atoms with Gasteiger partial charge in [0.2, 0.25) is 0 Å². The highest BCUT2D eigenvalue weighted by atomic mass is 32.1. The van der Waals surface area contributed by atoms with Gasteiger partial charge in [-0.15, -0.1) is 11.3 Å². The number of fused-ring (bicyclic) bond motifs is 1. The Hall–Kier alpha value is -2.40. The summed E-state index contributed by atoms with van der Waals surface area (Å²) in [5, 5.41) is 13.7. The molecule has 0 aliphatic carbocycles. The molecule has 3 rings (SSSR count). The van der Waals surface area contributed by atoms with Gasteiger partial charge in [0.1, 0.15) is 0 Å². The molecule has 0 saturated heterocycles. The zero-order valence-corrected chi connectivity index (χ0v) is 10.5. The first-order chi connectivity index (χ1) is 9.15. The van der Waals surface area contributed by atoms with Gasteiger partial charge in [0.15, 0.2) is 0 Å². The minimum Gasteiger partial charge on any atom is -0.478 e. The van der Waals surface area contributed by atoms with Gasteiger partial charge in [-0.25, -0.2) is 4.79 Å². The normalized spacial score (nSPS) is 15.4. The molecule has 0 radical (unpaired) electrons. The van der Waals surface area contributed by atoms with E-state index in [1.54, 1.807) is 12.1 Å². The maximum atomic E-state index is 11.9. The number of benzene rings is 1. The van der Waals surface area contributed by atoms with Gasteiger partial charge >= 0.3 is 5.97 Å². The van der Waals surface area contributed by atoms with Gasteiger partial charge in [-0.1, -0.05) is 6.07 Å². The Morgan fingerprint density at radius 2 is 2.16 bits per heavy atom. The molecule has 1 aliphatic heterocycles. The van der Waals surface area contributed by atoms with Crippen LogP contribution >= 0.6 is 11.3 Å². The highest BCUT2D eigenvalue weighted by molar-refractivity contribution is 7.11. The molecule has 5 heteroatoms. The largest absolute Gasteiger partial charge is 0.478 e. The fraction of sp³-hybridized carbons (Fsp3) is 0. The molecule has 1 amide bonds. The van der Waals surface area contributed by atoms with Crippen molar-refractivity contribution in [1.29, 1.82) is 0 Å². The van der Waals surface area contributed by atoms with E-state index in [9.17, 15) is 9.59 Å². The number of carboxylic acid groups (broad SMARTS) is 1. The smallest absolute Gasteiger partial charge is 0.335 e. The van der Waals surface area contributed by atoms with E-state index in [1.807, 2.05) is 17.5 Å². The second-order valence-electron chi connectivity index (χ2n) is 4.09. The van der Waals surface area contributed by atoms with Crippen molar-refractivity contribution in [3.05, 3.63) is 51.7 Å². The monoisotopic (exact) mass is 271 g/mol. The molecule has 0 unspecified atom stereocenters. The van der Waals surface area contributed by atoms with Crippen LogP contribution in [0.5, 0.6) is 0 Å². The fourth-order valence-electron chi connectivity index (χ4n) is 1.98. The maximum absolute atomic E-state index is 11.9. The number of carboxylic acids is 1. The molecule has 0 saturated carbocycles. The highest BCUT2D eigenvalue weighted by Gasteiger charge is 2.25. The summed E-state index contributed by atoms with van der Waals surface area (Å²) in [4.78, 5) is 23.9. The van der Waals surface area contributed by atoms with Crippen molar-refractivity contribution in [3.63, 3.8) is 0 Å². The maximum Gasteiger partial charge on any atom is 0.335 e. The average molecular weight is 271 g/mol. The van der Waals surface area contributed by atoms with Gasteiger partial charge in [0, 0.05) is 16.1 Å². The van der Waals surface area contributed by atoms with Crippen molar-refractivity contribution in [3.8, 4) is 0 Å². The number of amides is 1.